The summed E-state index contributed by atoms with van der Waals surface area (Å²) in [5.41, 5.74) is 7.15. The molecule has 2 aliphatic rings. The van der Waals surface area contributed by atoms with E-state index in [1.165, 1.54) is 19.3 Å². The van der Waals surface area contributed by atoms with E-state index in [-0.39, 0.29) is 11.8 Å². The summed E-state index contributed by atoms with van der Waals surface area (Å²) < 4.78 is 0. The van der Waals surface area contributed by atoms with Crippen LogP contribution in [0.4, 0.5) is 11.4 Å². The Morgan fingerprint density at radius 1 is 1.39 bits per heavy atom. The lowest BCUT2D eigenvalue weighted by molar-refractivity contribution is -0.118. The Bertz CT molecular complexity index is 536. The molecular formula is C14H15N3O. The lowest BCUT2D eigenvalue weighted by Crippen LogP contribution is -2.17. The summed E-state index contributed by atoms with van der Waals surface area (Å²) in [7, 11) is 0. The Kier molecular flexibility index (Phi) is 2.48. The van der Waals surface area contributed by atoms with Crippen LogP contribution < -0.4 is 11.1 Å². The highest BCUT2D eigenvalue weighted by molar-refractivity contribution is 5.96. The molecule has 2 aliphatic carbocycles. The molecule has 1 amide bonds. The minimum Gasteiger partial charge on any atom is -0.399 e. The molecule has 4 nitrogen and oxygen atoms in total. The number of carbonyl (C=O) groups is 1. The first kappa shape index (κ1) is 11.1. The van der Waals surface area contributed by atoms with Crippen molar-refractivity contribution in [2.75, 3.05) is 11.1 Å². The molecule has 0 spiro atoms. The minimum atomic E-state index is 0.0611. The summed E-state index contributed by atoms with van der Waals surface area (Å²) in [6.45, 7) is 0. The molecule has 0 bridgehead atoms. The van der Waals surface area contributed by atoms with Gasteiger partial charge in [-0.1, -0.05) is 6.42 Å². The SMILES string of the molecule is N#Cc1cc(N)ccc1NC(=O)C1C2CCCC21. The Morgan fingerprint density at radius 3 is 2.78 bits per heavy atom. The van der Waals surface area contributed by atoms with E-state index in [1.54, 1.807) is 18.2 Å². The van der Waals surface area contributed by atoms with E-state index in [0.29, 0.717) is 28.8 Å². The van der Waals surface area contributed by atoms with E-state index in [9.17, 15) is 4.79 Å². The first-order valence-electron chi connectivity index (χ1n) is 6.31. The summed E-state index contributed by atoms with van der Waals surface area (Å²) in [5.74, 6) is 1.41. The van der Waals surface area contributed by atoms with Crippen molar-refractivity contribution < 1.29 is 4.79 Å². The van der Waals surface area contributed by atoms with Gasteiger partial charge in [-0.25, -0.2) is 0 Å². The number of benzene rings is 1. The van der Waals surface area contributed by atoms with E-state index in [4.69, 9.17) is 11.0 Å². The Hall–Kier alpha value is -2.02. The largest absolute Gasteiger partial charge is 0.399 e. The number of rotatable bonds is 2. The van der Waals surface area contributed by atoms with Gasteiger partial charge in [0.2, 0.25) is 5.91 Å². The Morgan fingerprint density at radius 2 is 2.11 bits per heavy atom. The smallest absolute Gasteiger partial charge is 0.228 e. The lowest BCUT2D eigenvalue weighted by atomic mass is 10.1. The maximum atomic E-state index is 12.1. The molecule has 3 rings (SSSR count). The van der Waals surface area contributed by atoms with Crippen molar-refractivity contribution >= 4 is 17.3 Å². The van der Waals surface area contributed by atoms with Crippen molar-refractivity contribution in [3.8, 4) is 6.07 Å². The number of nitrogens with zero attached hydrogens (tertiary/aromatic N) is 1. The van der Waals surface area contributed by atoms with Gasteiger partial charge in [0.25, 0.3) is 0 Å². The standard InChI is InChI=1S/C14H15N3O/c15-7-8-6-9(16)4-5-12(8)17-14(18)13-10-2-1-3-11(10)13/h4-6,10-11,13H,1-3,16H2,(H,17,18). The van der Waals surface area contributed by atoms with Crippen LogP contribution in [0.1, 0.15) is 24.8 Å². The van der Waals surface area contributed by atoms with Gasteiger partial charge in [-0.3, -0.25) is 4.79 Å². The number of amides is 1. The fourth-order valence-corrected chi connectivity index (χ4v) is 3.19. The number of nitriles is 1. The predicted octanol–water partition coefficient (Wildman–Crippen LogP) is 2.13. The minimum absolute atomic E-state index is 0.0611. The molecule has 3 N–H and O–H groups in total. The first-order chi connectivity index (χ1) is 8.70. The second kappa shape index (κ2) is 4.02. The molecule has 4 heteroatoms. The first-order valence-corrected chi connectivity index (χ1v) is 6.31. The molecule has 0 aromatic heterocycles. The molecular weight excluding hydrogens is 226 g/mol. The van der Waals surface area contributed by atoms with Gasteiger partial charge in [-0.05, 0) is 42.9 Å². The van der Waals surface area contributed by atoms with Gasteiger partial charge in [-0.15, -0.1) is 0 Å². The van der Waals surface area contributed by atoms with Crippen LogP contribution in [0.15, 0.2) is 18.2 Å². The summed E-state index contributed by atoms with van der Waals surface area (Å²) in [4.78, 5) is 12.1. The van der Waals surface area contributed by atoms with Crippen LogP contribution >= 0.6 is 0 Å². The van der Waals surface area contributed by atoms with Gasteiger partial charge < -0.3 is 11.1 Å². The maximum Gasteiger partial charge on any atom is 0.228 e. The molecule has 0 radical (unpaired) electrons. The van der Waals surface area contributed by atoms with Crippen molar-refractivity contribution in [2.24, 2.45) is 17.8 Å². The monoisotopic (exact) mass is 241 g/mol. The van der Waals surface area contributed by atoms with Gasteiger partial charge in [0.15, 0.2) is 0 Å². The van der Waals surface area contributed by atoms with Crippen molar-refractivity contribution in [2.45, 2.75) is 19.3 Å². The normalized spacial score (nSPS) is 28.3. The molecule has 92 valence electrons. The number of nitrogens with two attached hydrogens (primary N) is 1. The van der Waals surface area contributed by atoms with Crippen molar-refractivity contribution in [1.29, 1.82) is 5.26 Å². The summed E-state index contributed by atoms with van der Waals surface area (Å²) in [6, 6.07) is 7.04. The third kappa shape index (κ3) is 1.72. The molecule has 0 heterocycles. The number of anilines is 2. The van der Waals surface area contributed by atoms with Crippen molar-refractivity contribution in [3.63, 3.8) is 0 Å². The number of hydrogen-bond donors (Lipinski definition) is 2. The van der Waals surface area contributed by atoms with Crippen LogP contribution in [0.25, 0.3) is 0 Å². The summed E-state index contributed by atoms with van der Waals surface area (Å²) in [6.07, 6.45) is 3.61. The second-order valence-corrected chi connectivity index (χ2v) is 5.19. The molecule has 2 saturated carbocycles. The van der Waals surface area contributed by atoms with Crippen LogP contribution in [0, 0.1) is 29.1 Å². The quantitative estimate of drug-likeness (QED) is 0.778. The van der Waals surface area contributed by atoms with Gasteiger partial charge >= 0.3 is 0 Å². The third-order valence-electron chi connectivity index (χ3n) is 4.13. The van der Waals surface area contributed by atoms with Gasteiger partial charge in [-0.2, -0.15) is 5.26 Å². The maximum absolute atomic E-state index is 12.1. The van der Waals surface area contributed by atoms with E-state index >= 15 is 0 Å². The Balaban J connectivity index is 1.73. The average Bonchev–Trinajstić information content (AvgIpc) is 2.85. The Labute approximate surface area is 106 Å². The van der Waals surface area contributed by atoms with Gasteiger partial charge in [0.05, 0.1) is 11.3 Å². The summed E-state index contributed by atoms with van der Waals surface area (Å²) >= 11 is 0. The van der Waals surface area contributed by atoms with Gasteiger partial charge in [0.1, 0.15) is 6.07 Å². The highest BCUT2D eigenvalue weighted by Crippen LogP contribution is 2.57. The fraction of sp³-hybridized carbons (Fsp3) is 0.429. The van der Waals surface area contributed by atoms with Crippen LogP contribution in [-0.4, -0.2) is 5.91 Å². The molecule has 0 saturated heterocycles. The number of hydrogen-bond acceptors (Lipinski definition) is 3. The topological polar surface area (TPSA) is 78.9 Å². The number of nitrogen functional groups attached to an aromatic ring is 1. The predicted molar refractivity (Wildman–Crippen MR) is 68.5 cm³/mol. The molecule has 1 aromatic carbocycles. The number of nitrogens with one attached hydrogen (secondary N) is 1. The molecule has 1 aromatic rings. The molecule has 0 aliphatic heterocycles. The van der Waals surface area contributed by atoms with E-state index in [0.717, 1.165) is 0 Å². The van der Waals surface area contributed by atoms with Crippen molar-refractivity contribution in [1.82, 2.24) is 0 Å². The van der Waals surface area contributed by atoms with E-state index < -0.39 is 0 Å². The summed E-state index contributed by atoms with van der Waals surface area (Å²) in [5, 5.41) is 11.9. The van der Waals surface area contributed by atoms with E-state index in [2.05, 4.69) is 11.4 Å². The highest BCUT2D eigenvalue weighted by Gasteiger charge is 2.56. The van der Waals surface area contributed by atoms with Crippen molar-refractivity contribution in [3.05, 3.63) is 23.8 Å². The highest BCUT2D eigenvalue weighted by atomic mass is 16.2. The van der Waals surface area contributed by atoms with Crippen LogP contribution in [0.2, 0.25) is 0 Å². The molecule has 18 heavy (non-hydrogen) atoms. The zero-order chi connectivity index (χ0) is 12.7. The molecule has 2 unspecified atom stereocenters. The number of fused-ring (bicyclic) bond motifs is 1. The third-order valence-corrected chi connectivity index (χ3v) is 4.13. The second-order valence-electron chi connectivity index (χ2n) is 5.19. The van der Waals surface area contributed by atoms with E-state index in [1.807, 2.05) is 0 Å². The lowest BCUT2D eigenvalue weighted by Gasteiger charge is -2.08. The zero-order valence-electron chi connectivity index (χ0n) is 10.0. The van der Waals surface area contributed by atoms with Crippen LogP contribution in [-0.2, 0) is 4.79 Å². The van der Waals surface area contributed by atoms with Crippen LogP contribution in [0.3, 0.4) is 0 Å². The van der Waals surface area contributed by atoms with Crippen LogP contribution in [0.5, 0.6) is 0 Å². The molecule has 2 atom stereocenters. The number of carbonyl (C=O) groups excluding carboxylic acids is 1. The average molecular weight is 241 g/mol. The molecule has 2 fully saturated rings. The van der Waals surface area contributed by atoms with Gasteiger partial charge in [0, 0.05) is 11.6 Å². The fourth-order valence-electron chi connectivity index (χ4n) is 3.19. The zero-order valence-corrected chi connectivity index (χ0v) is 10.0.